The molecule has 0 amide bonds. The molecule has 0 radical (unpaired) electrons. The van der Waals surface area contributed by atoms with Crippen molar-refractivity contribution in [2.75, 3.05) is 0 Å². The standard InChI is InChI=1S/C13H26O3/c1-7-9(3)11(5)15-13(14)16-12(6)10(4)8-2/h9-12H,7-8H2,1-6H3. The molecule has 0 aromatic carbocycles. The van der Waals surface area contributed by atoms with Gasteiger partial charge in [-0.15, -0.1) is 0 Å². The van der Waals surface area contributed by atoms with Crippen molar-refractivity contribution in [3.8, 4) is 0 Å². The van der Waals surface area contributed by atoms with Crippen LogP contribution in [0.5, 0.6) is 0 Å². The van der Waals surface area contributed by atoms with E-state index in [2.05, 4.69) is 27.7 Å². The molecule has 16 heavy (non-hydrogen) atoms. The molecule has 0 aliphatic rings. The van der Waals surface area contributed by atoms with Gasteiger partial charge in [-0.1, -0.05) is 40.5 Å². The molecule has 0 fully saturated rings. The highest BCUT2D eigenvalue weighted by Crippen LogP contribution is 2.15. The van der Waals surface area contributed by atoms with Gasteiger partial charge < -0.3 is 9.47 Å². The first kappa shape index (κ1) is 15.3. The first-order valence-electron chi connectivity index (χ1n) is 6.29. The molecule has 0 spiro atoms. The predicted octanol–water partition coefficient (Wildman–Crippen LogP) is 4.01. The van der Waals surface area contributed by atoms with Crippen LogP contribution in [0.1, 0.15) is 54.4 Å². The SMILES string of the molecule is CCC(C)C(C)OC(=O)OC(C)C(C)CC. The van der Waals surface area contributed by atoms with Crippen molar-refractivity contribution in [2.45, 2.75) is 66.6 Å². The van der Waals surface area contributed by atoms with Gasteiger partial charge in [0.1, 0.15) is 12.2 Å². The molecule has 0 saturated carbocycles. The van der Waals surface area contributed by atoms with E-state index in [4.69, 9.17) is 9.47 Å². The van der Waals surface area contributed by atoms with E-state index in [0.717, 1.165) is 12.8 Å². The molecule has 96 valence electrons. The normalized spacial score (nSPS) is 18.4. The average molecular weight is 230 g/mol. The summed E-state index contributed by atoms with van der Waals surface area (Å²) < 4.78 is 10.4. The molecule has 3 heteroatoms. The topological polar surface area (TPSA) is 35.5 Å². The smallest absolute Gasteiger partial charge is 0.431 e. The number of hydrogen-bond donors (Lipinski definition) is 0. The van der Waals surface area contributed by atoms with Crippen molar-refractivity contribution in [2.24, 2.45) is 11.8 Å². The van der Waals surface area contributed by atoms with Crippen LogP contribution < -0.4 is 0 Å². The van der Waals surface area contributed by atoms with E-state index in [1.54, 1.807) is 0 Å². The molecular weight excluding hydrogens is 204 g/mol. The minimum atomic E-state index is -0.541. The summed E-state index contributed by atoms with van der Waals surface area (Å²) >= 11 is 0. The largest absolute Gasteiger partial charge is 0.508 e. The third kappa shape index (κ3) is 5.38. The van der Waals surface area contributed by atoms with Crippen LogP contribution in [-0.4, -0.2) is 18.4 Å². The van der Waals surface area contributed by atoms with Crippen LogP contribution in [0.15, 0.2) is 0 Å². The zero-order valence-electron chi connectivity index (χ0n) is 11.4. The summed E-state index contributed by atoms with van der Waals surface area (Å²) in [6.07, 6.45) is 1.29. The first-order valence-corrected chi connectivity index (χ1v) is 6.29. The van der Waals surface area contributed by atoms with E-state index in [1.165, 1.54) is 0 Å². The van der Waals surface area contributed by atoms with E-state index >= 15 is 0 Å². The summed E-state index contributed by atoms with van der Waals surface area (Å²) in [7, 11) is 0. The van der Waals surface area contributed by atoms with Crippen LogP contribution in [-0.2, 0) is 9.47 Å². The van der Waals surface area contributed by atoms with Crippen LogP contribution in [0.25, 0.3) is 0 Å². The minimum Gasteiger partial charge on any atom is -0.431 e. The number of carbonyl (C=O) groups excluding carboxylic acids is 1. The Morgan fingerprint density at radius 3 is 1.44 bits per heavy atom. The van der Waals surface area contributed by atoms with Crippen molar-refractivity contribution in [3.63, 3.8) is 0 Å². The lowest BCUT2D eigenvalue weighted by molar-refractivity contribution is -0.0187. The fraction of sp³-hybridized carbons (Fsp3) is 0.923. The second kappa shape index (κ2) is 7.53. The van der Waals surface area contributed by atoms with Gasteiger partial charge in [-0.25, -0.2) is 4.79 Å². The molecular formula is C13H26O3. The lowest BCUT2D eigenvalue weighted by atomic mass is 10.0. The monoisotopic (exact) mass is 230 g/mol. The van der Waals surface area contributed by atoms with Crippen molar-refractivity contribution in [1.82, 2.24) is 0 Å². The Morgan fingerprint density at radius 2 is 1.19 bits per heavy atom. The van der Waals surface area contributed by atoms with E-state index in [-0.39, 0.29) is 12.2 Å². The Balaban J connectivity index is 3.99. The minimum absolute atomic E-state index is 0.0818. The molecule has 0 aliphatic carbocycles. The van der Waals surface area contributed by atoms with Gasteiger partial charge in [-0.05, 0) is 25.7 Å². The molecule has 0 heterocycles. The van der Waals surface area contributed by atoms with Gasteiger partial charge >= 0.3 is 6.16 Å². The second-order valence-electron chi connectivity index (χ2n) is 4.67. The van der Waals surface area contributed by atoms with Crippen LogP contribution in [0.2, 0.25) is 0 Å². The van der Waals surface area contributed by atoms with Gasteiger partial charge in [0.05, 0.1) is 0 Å². The van der Waals surface area contributed by atoms with Crippen LogP contribution in [0, 0.1) is 11.8 Å². The fourth-order valence-corrected chi connectivity index (χ4v) is 1.23. The first-order chi connectivity index (χ1) is 7.42. The molecule has 4 atom stereocenters. The highest BCUT2D eigenvalue weighted by Gasteiger charge is 2.20. The Hall–Kier alpha value is -0.730. The van der Waals surface area contributed by atoms with Crippen molar-refractivity contribution < 1.29 is 14.3 Å². The molecule has 0 bridgehead atoms. The highest BCUT2D eigenvalue weighted by atomic mass is 16.7. The molecule has 0 rings (SSSR count). The van der Waals surface area contributed by atoms with Crippen molar-refractivity contribution in [3.05, 3.63) is 0 Å². The van der Waals surface area contributed by atoms with Crippen LogP contribution in [0.3, 0.4) is 0 Å². The summed E-state index contributed by atoms with van der Waals surface area (Å²) in [5.41, 5.74) is 0. The quantitative estimate of drug-likeness (QED) is 0.647. The molecule has 4 unspecified atom stereocenters. The summed E-state index contributed by atoms with van der Waals surface area (Å²) in [4.78, 5) is 11.5. The van der Waals surface area contributed by atoms with Crippen LogP contribution >= 0.6 is 0 Å². The summed E-state index contributed by atoms with van der Waals surface area (Å²) in [6, 6.07) is 0. The van der Waals surface area contributed by atoms with Gasteiger partial charge in [-0.2, -0.15) is 0 Å². The molecule has 0 saturated heterocycles. The maximum atomic E-state index is 11.5. The van der Waals surface area contributed by atoms with E-state index in [1.807, 2.05) is 13.8 Å². The number of ether oxygens (including phenoxy) is 2. The summed E-state index contributed by atoms with van der Waals surface area (Å²) in [5.74, 6) is 0.734. The Kier molecular flexibility index (Phi) is 7.18. The number of rotatable bonds is 6. The maximum absolute atomic E-state index is 11.5. The fourth-order valence-electron chi connectivity index (χ4n) is 1.23. The number of carbonyl (C=O) groups is 1. The molecule has 0 aromatic heterocycles. The Labute approximate surface area is 99.5 Å². The zero-order chi connectivity index (χ0) is 12.7. The van der Waals surface area contributed by atoms with Gasteiger partial charge in [0.25, 0.3) is 0 Å². The van der Waals surface area contributed by atoms with E-state index < -0.39 is 6.16 Å². The maximum Gasteiger partial charge on any atom is 0.508 e. The van der Waals surface area contributed by atoms with Crippen molar-refractivity contribution >= 4 is 6.16 Å². The van der Waals surface area contributed by atoms with Gasteiger partial charge in [-0.3, -0.25) is 0 Å². The zero-order valence-corrected chi connectivity index (χ0v) is 11.4. The van der Waals surface area contributed by atoms with Gasteiger partial charge in [0.2, 0.25) is 0 Å². The predicted molar refractivity (Wildman–Crippen MR) is 65.4 cm³/mol. The Bertz CT molecular complexity index is 183. The lowest BCUT2D eigenvalue weighted by Crippen LogP contribution is -2.27. The average Bonchev–Trinajstić information content (AvgIpc) is 2.26. The van der Waals surface area contributed by atoms with Crippen LogP contribution in [0.4, 0.5) is 4.79 Å². The van der Waals surface area contributed by atoms with Gasteiger partial charge in [0, 0.05) is 0 Å². The van der Waals surface area contributed by atoms with E-state index in [9.17, 15) is 4.79 Å². The molecule has 0 aliphatic heterocycles. The van der Waals surface area contributed by atoms with E-state index in [0.29, 0.717) is 11.8 Å². The van der Waals surface area contributed by atoms with Gasteiger partial charge in [0.15, 0.2) is 0 Å². The highest BCUT2D eigenvalue weighted by molar-refractivity contribution is 5.60. The number of hydrogen-bond acceptors (Lipinski definition) is 3. The molecule has 0 aromatic rings. The second-order valence-corrected chi connectivity index (χ2v) is 4.67. The molecule has 3 nitrogen and oxygen atoms in total. The van der Waals surface area contributed by atoms with Crippen molar-refractivity contribution in [1.29, 1.82) is 0 Å². The Morgan fingerprint density at radius 1 is 0.875 bits per heavy atom. The summed E-state index contributed by atoms with van der Waals surface area (Å²) in [6.45, 7) is 12.1. The lowest BCUT2D eigenvalue weighted by Gasteiger charge is -2.22. The molecule has 0 N–H and O–H groups in total. The third-order valence-electron chi connectivity index (χ3n) is 3.45. The summed E-state index contributed by atoms with van der Waals surface area (Å²) in [5, 5.41) is 0. The third-order valence-corrected chi connectivity index (χ3v) is 3.45.